The van der Waals surface area contributed by atoms with E-state index in [-0.39, 0.29) is 12.0 Å². The van der Waals surface area contributed by atoms with E-state index in [4.69, 9.17) is 14.2 Å². The number of carbonyl (C=O) groups excluding carboxylic acids is 1. The van der Waals surface area contributed by atoms with Crippen LogP contribution in [0.2, 0.25) is 0 Å². The number of aromatic nitrogens is 1. The predicted octanol–water partition coefficient (Wildman–Crippen LogP) is 3.94. The number of nitrogens with zero attached hydrogens (tertiary/aromatic N) is 1. The lowest BCUT2D eigenvalue weighted by Crippen LogP contribution is -2.37. The lowest BCUT2D eigenvalue weighted by Gasteiger charge is -2.26. The first-order chi connectivity index (χ1) is 14.7. The van der Waals surface area contributed by atoms with Gasteiger partial charge in [-0.15, -0.1) is 0 Å². The molecule has 3 aromatic rings. The van der Waals surface area contributed by atoms with Crippen LogP contribution in [0.25, 0.3) is 10.9 Å². The van der Waals surface area contributed by atoms with Crippen molar-refractivity contribution in [1.82, 2.24) is 9.88 Å². The summed E-state index contributed by atoms with van der Waals surface area (Å²) in [5.74, 6) is 1.64. The van der Waals surface area contributed by atoms with E-state index in [2.05, 4.69) is 4.98 Å². The van der Waals surface area contributed by atoms with Crippen molar-refractivity contribution in [3.05, 3.63) is 59.8 Å². The average Bonchev–Trinajstić information content (AvgIpc) is 3.43. The molecule has 1 N–H and O–H groups in total. The van der Waals surface area contributed by atoms with Crippen LogP contribution in [0.1, 0.15) is 24.0 Å². The van der Waals surface area contributed by atoms with Gasteiger partial charge in [0.05, 0.1) is 26.7 Å². The van der Waals surface area contributed by atoms with Gasteiger partial charge in [0, 0.05) is 42.4 Å². The van der Waals surface area contributed by atoms with Crippen LogP contribution in [-0.4, -0.2) is 49.3 Å². The Morgan fingerprint density at radius 2 is 2.03 bits per heavy atom. The van der Waals surface area contributed by atoms with Gasteiger partial charge < -0.3 is 24.1 Å². The number of para-hydroxylation sites is 1. The molecule has 0 spiro atoms. The zero-order chi connectivity index (χ0) is 20.9. The van der Waals surface area contributed by atoms with E-state index < -0.39 is 0 Å². The van der Waals surface area contributed by atoms with Crippen LogP contribution in [-0.2, 0) is 22.5 Å². The van der Waals surface area contributed by atoms with Crippen molar-refractivity contribution >= 4 is 16.8 Å². The van der Waals surface area contributed by atoms with Crippen LogP contribution in [0.15, 0.2) is 48.7 Å². The molecule has 4 rings (SSSR count). The summed E-state index contributed by atoms with van der Waals surface area (Å²) in [5, 5.41) is 1.01. The molecule has 0 saturated carbocycles. The summed E-state index contributed by atoms with van der Waals surface area (Å²) in [6.45, 7) is 1.85. The van der Waals surface area contributed by atoms with Gasteiger partial charge in [0.15, 0.2) is 0 Å². The number of hydrogen-bond donors (Lipinski definition) is 1. The van der Waals surface area contributed by atoms with Crippen LogP contribution < -0.4 is 9.47 Å². The molecular formula is C24H28N2O4. The smallest absolute Gasteiger partial charge is 0.227 e. The molecule has 0 aliphatic carbocycles. The van der Waals surface area contributed by atoms with Crippen molar-refractivity contribution in [3.8, 4) is 11.5 Å². The van der Waals surface area contributed by atoms with Gasteiger partial charge in [-0.2, -0.15) is 0 Å². The third-order valence-electron chi connectivity index (χ3n) is 5.67. The third-order valence-corrected chi connectivity index (χ3v) is 5.67. The number of aromatic amines is 1. The Balaban J connectivity index is 1.57. The van der Waals surface area contributed by atoms with Crippen molar-refractivity contribution in [1.29, 1.82) is 0 Å². The molecule has 158 valence electrons. The summed E-state index contributed by atoms with van der Waals surface area (Å²) in [4.78, 5) is 18.5. The van der Waals surface area contributed by atoms with Crippen molar-refractivity contribution in [3.63, 3.8) is 0 Å². The summed E-state index contributed by atoms with van der Waals surface area (Å²) in [7, 11) is 3.31. The van der Waals surface area contributed by atoms with Gasteiger partial charge in [-0.25, -0.2) is 0 Å². The zero-order valence-corrected chi connectivity index (χ0v) is 17.5. The fourth-order valence-electron chi connectivity index (χ4n) is 4.03. The summed E-state index contributed by atoms with van der Waals surface area (Å²) in [6.07, 6.45) is 4.35. The maximum Gasteiger partial charge on any atom is 0.227 e. The standard InChI is InChI=1S/C24H28N2O4/c1-28-19-9-10-22-21(13-19)18(14-25-22)12-24(27)26(16-20-7-5-11-30-20)15-17-6-3-4-8-23(17)29-2/h3-4,6,8-10,13-14,20,25H,5,7,11-12,15-16H2,1-2H3. The first-order valence-corrected chi connectivity index (χ1v) is 10.3. The van der Waals surface area contributed by atoms with Crippen molar-refractivity contribution in [2.75, 3.05) is 27.4 Å². The fraction of sp³-hybridized carbons (Fsp3) is 0.375. The van der Waals surface area contributed by atoms with Crippen molar-refractivity contribution < 1.29 is 19.0 Å². The summed E-state index contributed by atoms with van der Waals surface area (Å²) in [6, 6.07) is 13.7. The van der Waals surface area contributed by atoms with Crippen LogP contribution >= 0.6 is 0 Å². The second kappa shape index (κ2) is 9.22. The fourth-order valence-corrected chi connectivity index (χ4v) is 4.03. The van der Waals surface area contributed by atoms with Gasteiger partial charge in [0.2, 0.25) is 5.91 Å². The third kappa shape index (κ3) is 4.44. The minimum absolute atomic E-state index is 0.0696. The number of amides is 1. The number of rotatable bonds is 8. The molecule has 0 radical (unpaired) electrons. The topological polar surface area (TPSA) is 63.8 Å². The van der Waals surface area contributed by atoms with Gasteiger partial charge in [-0.3, -0.25) is 4.79 Å². The predicted molar refractivity (Wildman–Crippen MR) is 116 cm³/mol. The van der Waals surface area contributed by atoms with Crippen LogP contribution in [0, 0.1) is 0 Å². The molecule has 1 fully saturated rings. The average molecular weight is 408 g/mol. The normalized spacial score (nSPS) is 16.0. The lowest BCUT2D eigenvalue weighted by molar-refractivity contribution is -0.132. The highest BCUT2D eigenvalue weighted by Gasteiger charge is 2.24. The molecule has 1 atom stereocenters. The highest BCUT2D eigenvalue weighted by atomic mass is 16.5. The minimum Gasteiger partial charge on any atom is -0.497 e. The van der Waals surface area contributed by atoms with Gasteiger partial charge in [-0.05, 0) is 42.7 Å². The SMILES string of the molecule is COc1ccc2[nH]cc(CC(=O)N(Cc3ccccc3OC)CC3CCCO3)c2c1. The molecule has 1 aliphatic heterocycles. The molecule has 1 amide bonds. The molecule has 2 aromatic carbocycles. The summed E-state index contributed by atoms with van der Waals surface area (Å²) < 4.78 is 16.7. The Morgan fingerprint density at radius 1 is 1.17 bits per heavy atom. The Bertz CT molecular complexity index is 1010. The number of hydrogen-bond acceptors (Lipinski definition) is 4. The van der Waals surface area contributed by atoms with Crippen LogP contribution in [0.3, 0.4) is 0 Å². The van der Waals surface area contributed by atoms with Crippen LogP contribution in [0.5, 0.6) is 11.5 Å². The molecule has 1 aliphatic rings. The van der Waals surface area contributed by atoms with Gasteiger partial charge in [-0.1, -0.05) is 18.2 Å². The quantitative estimate of drug-likeness (QED) is 0.613. The van der Waals surface area contributed by atoms with Crippen molar-refractivity contribution in [2.45, 2.75) is 31.9 Å². The number of carbonyl (C=O) groups is 1. The second-order valence-electron chi connectivity index (χ2n) is 7.62. The maximum atomic E-state index is 13.4. The molecule has 1 aromatic heterocycles. The van der Waals surface area contributed by atoms with Gasteiger partial charge in [0.1, 0.15) is 11.5 Å². The number of H-pyrrole nitrogens is 1. The first kappa shape index (κ1) is 20.3. The second-order valence-corrected chi connectivity index (χ2v) is 7.62. The molecular weight excluding hydrogens is 380 g/mol. The van der Waals surface area contributed by atoms with E-state index in [9.17, 15) is 4.79 Å². The molecule has 6 heteroatoms. The number of benzene rings is 2. The Labute approximate surface area is 176 Å². The van der Waals surface area contributed by atoms with E-state index >= 15 is 0 Å². The summed E-state index contributed by atoms with van der Waals surface area (Å²) >= 11 is 0. The molecule has 1 saturated heterocycles. The van der Waals surface area contributed by atoms with Gasteiger partial charge in [0.25, 0.3) is 0 Å². The first-order valence-electron chi connectivity index (χ1n) is 10.3. The Hall–Kier alpha value is -2.99. The number of ether oxygens (including phenoxy) is 3. The van der Waals surface area contributed by atoms with Crippen LogP contribution in [0.4, 0.5) is 0 Å². The molecule has 6 nitrogen and oxygen atoms in total. The van der Waals surface area contributed by atoms with E-state index in [1.54, 1.807) is 14.2 Å². The zero-order valence-electron chi connectivity index (χ0n) is 17.5. The molecule has 2 heterocycles. The van der Waals surface area contributed by atoms with E-state index in [1.165, 1.54) is 0 Å². The number of methoxy groups -OCH3 is 2. The monoisotopic (exact) mass is 408 g/mol. The lowest BCUT2D eigenvalue weighted by atomic mass is 10.1. The highest BCUT2D eigenvalue weighted by molar-refractivity contribution is 5.89. The largest absolute Gasteiger partial charge is 0.497 e. The van der Waals surface area contributed by atoms with Crippen molar-refractivity contribution in [2.24, 2.45) is 0 Å². The molecule has 30 heavy (non-hydrogen) atoms. The number of nitrogens with one attached hydrogen (secondary N) is 1. The Kier molecular flexibility index (Phi) is 6.23. The minimum atomic E-state index is 0.0696. The molecule has 1 unspecified atom stereocenters. The Morgan fingerprint density at radius 3 is 2.80 bits per heavy atom. The van der Waals surface area contributed by atoms with E-state index in [0.717, 1.165) is 53.0 Å². The van der Waals surface area contributed by atoms with E-state index in [1.807, 2.05) is 53.6 Å². The molecule has 0 bridgehead atoms. The maximum absolute atomic E-state index is 13.4. The summed E-state index contributed by atoms with van der Waals surface area (Å²) in [5.41, 5.74) is 2.95. The van der Waals surface area contributed by atoms with Gasteiger partial charge >= 0.3 is 0 Å². The van der Waals surface area contributed by atoms with E-state index in [0.29, 0.717) is 19.5 Å². The number of fused-ring (bicyclic) bond motifs is 1. The highest BCUT2D eigenvalue weighted by Crippen LogP contribution is 2.26.